The molecule has 0 N–H and O–H groups in total. The van der Waals surface area contributed by atoms with Crippen molar-refractivity contribution in [2.24, 2.45) is 5.92 Å². The van der Waals surface area contributed by atoms with Crippen LogP contribution in [0.3, 0.4) is 0 Å². The van der Waals surface area contributed by atoms with Crippen molar-refractivity contribution in [3.63, 3.8) is 0 Å². The van der Waals surface area contributed by atoms with Crippen LogP contribution < -0.4 is 0 Å². The molecule has 116 valence electrons. The number of nitrogens with zero attached hydrogens (tertiary/aromatic N) is 2. The first-order valence-electron chi connectivity index (χ1n) is 7.92. The lowest BCUT2D eigenvalue weighted by atomic mass is 9.78. The fourth-order valence-electron chi connectivity index (χ4n) is 3.57. The van der Waals surface area contributed by atoms with Gasteiger partial charge in [-0.05, 0) is 32.1 Å². The lowest BCUT2D eigenvalue weighted by molar-refractivity contribution is -0.0883. The van der Waals surface area contributed by atoms with Crippen LogP contribution in [-0.4, -0.2) is 23.2 Å². The second-order valence-electron chi connectivity index (χ2n) is 6.19. The molecule has 3 rings (SSSR count). The summed E-state index contributed by atoms with van der Waals surface area (Å²) in [5.74, 6) is 1.41. The van der Waals surface area contributed by atoms with Crippen molar-refractivity contribution in [2.75, 3.05) is 13.2 Å². The molecule has 0 spiro atoms. The van der Waals surface area contributed by atoms with Crippen molar-refractivity contribution in [1.29, 1.82) is 0 Å². The molecule has 0 radical (unpaired) electrons. The molecule has 1 aromatic heterocycles. The van der Waals surface area contributed by atoms with E-state index in [9.17, 15) is 0 Å². The highest BCUT2D eigenvalue weighted by Gasteiger charge is 2.41. The largest absolute Gasteiger partial charge is 0.376 e. The molecule has 2 aliphatic rings. The molecule has 0 aromatic carbocycles. The summed E-state index contributed by atoms with van der Waals surface area (Å²) in [6.45, 7) is 6.22. The normalized spacial score (nSPS) is 29.2. The van der Waals surface area contributed by atoms with Crippen LogP contribution in [0, 0.1) is 5.92 Å². The highest BCUT2D eigenvalue weighted by atomic mass is 35.5. The molecule has 1 aliphatic heterocycles. The van der Waals surface area contributed by atoms with Crippen LogP contribution >= 0.6 is 11.6 Å². The van der Waals surface area contributed by atoms with Crippen LogP contribution in [0.5, 0.6) is 0 Å². The van der Waals surface area contributed by atoms with Crippen LogP contribution in [-0.2, 0) is 28.1 Å². The van der Waals surface area contributed by atoms with Crippen LogP contribution in [0.15, 0.2) is 0 Å². The molecule has 0 bridgehead atoms. The first-order chi connectivity index (χ1) is 10.1. The van der Waals surface area contributed by atoms with Gasteiger partial charge in [0.15, 0.2) is 5.82 Å². The van der Waals surface area contributed by atoms with Gasteiger partial charge >= 0.3 is 0 Å². The predicted octanol–water partition coefficient (Wildman–Crippen LogP) is 3.64. The zero-order valence-electron chi connectivity index (χ0n) is 12.8. The minimum atomic E-state index is -0.358. The maximum absolute atomic E-state index is 6.38. The van der Waals surface area contributed by atoms with Gasteiger partial charge in [-0.15, -0.1) is 0 Å². The van der Waals surface area contributed by atoms with Gasteiger partial charge in [0.05, 0.1) is 18.9 Å². The van der Waals surface area contributed by atoms with E-state index >= 15 is 0 Å². The summed E-state index contributed by atoms with van der Waals surface area (Å²) >= 11 is 6.38. The SMILES string of the molecule is CCOC1(c2nc(Cl)c3c(n2)CCOC3)CCCC(C)C1. The summed E-state index contributed by atoms with van der Waals surface area (Å²) in [4.78, 5) is 9.41. The van der Waals surface area contributed by atoms with Crippen molar-refractivity contribution in [3.05, 3.63) is 22.2 Å². The van der Waals surface area contributed by atoms with E-state index in [2.05, 4.69) is 11.9 Å². The van der Waals surface area contributed by atoms with E-state index in [0.29, 0.717) is 30.9 Å². The molecule has 1 aromatic rings. The summed E-state index contributed by atoms with van der Waals surface area (Å²) in [7, 11) is 0. The molecule has 5 heteroatoms. The zero-order chi connectivity index (χ0) is 14.9. The Bertz CT molecular complexity index is 519. The molecule has 0 saturated heterocycles. The van der Waals surface area contributed by atoms with E-state index in [4.69, 9.17) is 26.1 Å². The van der Waals surface area contributed by atoms with Crippen LogP contribution in [0.2, 0.25) is 5.15 Å². The topological polar surface area (TPSA) is 44.2 Å². The Balaban J connectivity index is 2.01. The number of hydrogen-bond donors (Lipinski definition) is 0. The van der Waals surface area contributed by atoms with Crippen molar-refractivity contribution in [2.45, 2.75) is 58.2 Å². The van der Waals surface area contributed by atoms with E-state index in [-0.39, 0.29) is 5.60 Å². The smallest absolute Gasteiger partial charge is 0.162 e. The number of aromatic nitrogens is 2. The van der Waals surface area contributed by atoms with Gasteiger partial charge in [-0.2, -0.15) is 0 Å². The van der Waals surface area contributed by atoms with Crippen molar-refractivity contribution >= 4 is 11.6 Å². The Hall–Kier alpha value is -0.710. The molecule has 1 aliphatic carbocycles. The third kappa shape index (κ3) is 2.94. The van der Waals surface area contributed by atoms with Crippen molar-refractivity contribution in [1.82, 2.24) is 9.97 Å². The standard InChI is InChI=1S/C16H23ClN2O2/c1-3-21-16(7-4-5-11(2)9-16)15-18-13-6-8-20-10-12(13)14(17)19-15/h11H,3-10H2,1-2H3. The fourth-order valence-corrected chi connectivity index (χ4v) is 3.82. The van der Waals surface area contributed by atoms with E-state index in [0.717, 1.165) is 42.8 Å². The highest BCUT2D eigenvalue weighted by Crippen LogP contribution is 2.42. The van der Waals surface area contributed by atoms with Gasteiger partial charge in [0, 0.05) is 18.6 Å². The van der Waals surface area contributed by atoms with Gasteiger partial charge in [0.25, 0.3) is 0 Å². The molecule has 0 amide bonds. The van der Waals surface area contributed by atoms with Crippen LogP contribution in [0.1, 0.15) is 56.6 Å². The second kappa shape index (κ2) is 6.19. The Morgan fingerprint density at radius 3 is 3.05 bits per heavy atom. The number of fused-ring (bicyclic) bond motifs is 1. The van der Waals surface area contributed by atoms with Crippen LogP contribution in [0.4, 0.5) is 0 Å². The lowest BCUT2D eigenvalue weighted by Gasteiger charge is -2.39. The second-order valence-corrected chi connectivity index (χ2v) is 6.55. The first kappa shape index (κ1) is 15.2. The molecule has 2 heterocycles. The van der Waals surface area contributed by atoms with Gasteiger partial charge in [-0.25, -0.2) is 9.97 Å². The summed E-state index contributed by atoms with van der Waals surface area (Å²) in [6, 6.07) is 0. The number of ether oxygens (including phenoxy) is 2. The van der Waals surface area contributed by atoms with Crippen LogP contribution in [0.25, 0.3) is 0 Å². The molecule has 2 atom stereocenters. The minimum Gasteiger partial charge on any atom is -0.376 e. The van der Waals surface area contributed by atoms with Gasteiger partial charge < -0.3 is 9.47 Å². The monoisotopic (exact) mass is 310 g/mol. The highest BCUT2D eigenvalue weighted by molar-refractivity contribution is 6.30. The summed E-state index contributed by atoms with van der Waals surface area (Å²) in [5.41, 5.74) is 1.62. The Kier molecular flexibility index (Phi) is 4.48. The maximum Gasteiger partial charge on any atom is 0.162 e. The lowest BCUT2D eigenvalue weighted by Crippen LogP contribution is -2.38. The average molecular weight is 311 g/mol. The van der Waals surface area contributed by atoms with E-state index in [1.54, 1.807) is 0 Å². The summed E-state index contributed by atoms with van der Waals surface area (Å²) in [6.07, 6.45) is 5.18. The van der Waals surface area contributed by atoms with Crippen molar-refractivity contribution in [3.8, 4) is 0 Å². The maximum atomic E-state index is 6.38. The first-order valence-corrected chi connectivity index (χ1v) is 8.30. The molecule has 1 fully saturated rings. The molecule has 2 unspecified atom stereocenters. The van der Waals surface area contributed by atoms with E-state index in [1.165, 1.54) is 6.42 Å². The van der Waals surface area contributed by atoms with E-state index in [1.807, 2.05) is 6.92 Å². The Morgan fingerprint density at radius 2 is 2.29 bits per heavy atom. The Morgan fingerprint density at radius 1 is 1.43 bits per heavy atom. The third-order valence-electron chi connectivity index (χ3n) is 4.56. The number of rotatable bonds is 3. The molecule has 1 saturated carbocycles. The van der Waals surface area contributed by atoms with Gasteiger partial charge in [0.1, 0.15) is 10.8 Å². The van der Waals surface area contributed by atoms with Gasteiger partial charge in [0.2, 0.25) is 0 Å². The molecule has 21 heavy (non-hydrogen) atoms. The average Bonchev–Trinajstić information content (AvgIpc) is 2.47. The number of hydrogen-bond acceptors (Lipinski definition) is 4. The zero-order valence-corrected chi connectivity index (χ0v) is 13.6. The Labute approximate surface area is 131 Å². The fraction of sp³-hybridized carbons (Fsp3) is 0.750. The predicted molar refractivity (Wildman–Crippen MR) is 81.3 cm³/mol. The summed E-state index contributed by atoms with van der Waals surface area (Å²) in [5, 5.41) is 0.534. The third-order valence-corrected chi connectivity index (χ3v) is 4.87. The quantitative estimate of drug-likeness (QED) is 0.799. The van der Waals surface area contributed by atoms with E-state index < -0.39 is 0 Å². The van der Waals surface area contributed by atoms with Gasteiger partial charge in [-0.3, -0.25) is 0 Å². The molecular weight excluding hydrogens is 288 g/mol. The summed E-state index contributed by atoms with van der Waals surface area (Å²) < 4.78 is 11.6. The van der Waals surface area contributed by atoms with Gasteiger partial charge in [-0.1, -0.05) is 24.9 Å². The minimum absolute atomic E-state index is 0.358. The number of halogens is 1. The van der Waals surface area contributed by atoms with Crippen molar-refractivity contribution < 1.29 is 9.47 Å². The molecule has 4 nitrogen and oxygen atoms in total. The molecular formula is C16H23ClN2O2.